The summed E-state index contributed by atoms with van der Waals surface area (Å²) in [5.41, 5.74) is 0.359. The van der Waals surface area contributed by atoms with Gasteiger partial charge in [-0.2, -0.15) is 0 Å². The topological polar surface area (TPSA) is 37.4 Å². The molecule has 0 amide bonds. The van der Waals surface area contributed by atoms with Gasteiger partial charge in [0.05, 0.1) is 15.7 Å². The van der Waals surface area contributed by atoms with Gasteiger partial charge in [0, 0.05) is 7.05 Å². The highest BCUT2D eigenvalue weighted by molar-refractivity contribution is 7.94. The molecule has 0 saturated carbocycles. The van der Waals surface area contributed by atoms with Gasteiger partial charge >= 0.3 is 0 Å². The Hall–Kier alpha value is -0.750. The van der Waals surface area contributed by atoms with Crippen molar-refractivity contribution in [1.29, 1.82) is 0 Å². The van der Waals surface area contributed by atoms with E-state index in [9.17, 15) is 8.42 Å². The molecule has 7 heteroatoms. The van der Waals surface area contributed by atoms with E-state index in [1.54, 1.807) is 35.7 Å². The Balaban J connectivity index is 2.50. The van der Waals surface area contributed by atoms with E-state index in [0.29, 0.717) is 10.7 Å². The molecule has 0 fully saturated rings. The molecule has 3 nitrogen and oxygen atoms in total. The van der Waals surface area contributed by atoms with Crippen molar-refractivity contribution in [3.63, 3.8) is 0 Å². The number of anilines is 1. The second kappa shape index (κ2) is 5.09. The molecule has 1 aromatic heterocycles. The Kier molecular flexibility index (Phi) is 3.87. The number of thiophene rings is 1. The van der Waals surface area contributed by atoms with Gasteiger partial charge in [0.1, 0.15) is 4.21 Å². The van der Waals surface area contributed by atoms with Gasteiger partial charge in [-0.05, 0) is 23.6 Å². The molecule has 0 unspecified atom stereocenters. The minimum absolute atomic E-state index is 0.224. The van der Waals surface area contributed by atoms with Gasteiger partial charge in [0.15, 0.2) is 0 Å². The molecule has 96 valence electrons. The summed E-state index contributed by atoms with van der Waals surface area (Å²) in [7, 11) is -2.13. The Morgan fingerprint density at radius 1 is 1.17 bits per heavy atom. The van der Waals surface area contributed by atoms with E-state index in [-0.39, 0.29) is 9.23 Å². The molecule has 1 aromatic carbocycles. The lowest BCUT2D eigenvalue weighted by Gasteiger charge is -2.20. The maximum Gasteiger partial charge on any atom is 0.273 e. The zero-order chi connectivity index (χ0) is 13.3. The quantitative estimate of drug-likeness (QED) is 0.860. The first-order chi connectivity index (χ1) is 8.44. The molecule has 0 radical (unpaired) electrons. The zero-order valence-electron chi connectivity index (χ0n) is 9.30. The average Bonchev–Trinajstić information content (AvgIpc) is 2.86. The van der Waals surface area contributed by atoms with Crippen LogP contribution < -0.4 is 4.31 Å². The Bertz CT molecular complexity index is 654. The predicted molar refractivity (Wildman–Crippen MR) is 76.4 cm³/mol. The van der Waals surface area contributed by atoms with Crippen molar-refractivity contribution >= 4 is 50.2 Å². The molecule has 2 rings (SSSR count). The van der Waals surface area contributed by atoms with Crippen molar-refractivity contribution in [2.75, 3.05) is 11.4 Å². The number of benzene rings is 1. The first-order valence-corrected chi connectivity index (χ1v) is 7.98. The smallest absolute Gasteiger partial charge is 0.267 e. The minimum atomic E-state index is -3.58. The van der Waals surface area contributed by atoms with Crippen LogP contribution in [0.25, 0.3) is 0 Å². The summed E-state index contributed by atoms with van der Waals surface area (Å²) in [6, 6.07) is 8.11. The molecule has 0 aliphatic heterocycles. The highest BCUT2D eigenvalue weighted by Crippen LogP contribution is 2.34. The molecule has 18 heavy (non-hydrogen) atoms. The van der Waals surface area contributed by atoms with Crippen LogP contribution in [0.15, 0.2) is 39.9 Å². The summed E-state index contributed by atoms with van der Waals surface area (Å²) >= 11 is 13.1. The fraction of sp³-hybridized carbons (Fsp3) is 0.0909. The molecule has 0 spiro atoms. The lowest BCUT2D eigenvalue weighted by Crippen LogP contribution is -2.26. The van der Waals surface area contributed by atoms with E-state index in [4.69, 9.17) is 23.2 Å². The van der Waals surface area contributed by atoms with E-state index in [1.165, 1.54) is 7.05 Å². The van der Waals surface area contributed by atoms with E-state index < -0.39 is 10.0 Å². The summed E-state index contributed by atoms with van der Waals surface area (Å²) in [5, 5.41) is 2.25. The monoisotopic (exact) mass is 321 g/mol. The van der Waals surface area contributed by atoms with Crippen LogP contribution in [0.5, 0.6) is 0 Å². The van der Waals surface area contributed by atoms with Gasteiger partial charge in [-0.1, -0.05) is 35.3 Å². The fourth-order valence-electron chi connectivity index (χ4n) is 1.41. The maximum atomic E-state index is 12.3. The second-order valence-corrected chi connectivity index (χ2v) is 7.41. The standard InChI is InChI=1S/C11H9Cl2NO2S2/c1-14(9-5-2-4-8(12)11(9)13)18(15,16)10-6-3-7-17-10/h2-7H,1H3. The summed E-state index contributed by atoms with van der Waals surface area (Å²) in [5.74, 6) is 0. The molecule has 1 heterocycles. The first kappa shape index (κ1) is 13.7. The largest absolute Gasteiger partial charge is 0.273 e. The SMILES string of the molecule is CN(c1cccc(Cl)c1Cl)S(=O)(=O)c1cccs1. The van der Waals surface area contributed by atoms with Crippen molar-refractivity contribution in [3.8, 4) is 0 Å². The van der Waals surface area contributed by atoms with Crippen molar-refractivity contribution in [2.24, 2.45) is 0 Å². The molecule has 2 aromatic rings. The van der Waals surface area contributed by atoms with Gasteiger partial charge in [-0.25, -0.2) is 8.42 Å². The van der Waals surface area contributed by atoms with Crippen molar-refractivity contribution < 1.29 is 8.42 Å². The summed E-state index contributed by atoms with van der Waals surface area (Å²) in [4.78, 5) is 0. The molecule has 0 saturated heterocycles. The van der Waals surface area contributed by atoms with Crippen molar-refractivity contribution in [2.45, 2.75) is 4.21 Å². The van der Waals surface area contributed by atoms with Crippen LogP contribution in [-0.4, -0.2) is 15.5 Å². The highest BCUT2D eigenvalue weighted by atomic mass is 35.5. The summed E-state index contributed by atoms with van der Waals surface area (Å²) < 4.78 is 26.0. The predicted octanol–water partition coefficient (Wildman–Crippen LogP) is 3.88. The molecular formula is C11H9Cl2NO2S2. The Morgan fingerprint density at radius 2 is 1.89 bits per heavy atom. The van der Waals surface area contributed by atoms with E-state index in [2.05, 4.69) is 0 Å². The Morgan fingerprint density at radius 3 is 2.50 bits per heavy atom. The summed E-state index contributed by atoms with van der Waals surface area (Å²) in [6.07, 6.45) is 0. The van der Waals surface area contributed by atoms with Gasteiger partial charge in [0.25, 0.3) is 10.0 Å². The number of hydrogen-bond acceptors (Lipinski definition) is 3. The third kappa shape index (κ3) is 2.36. The minimum Gasteiger partial charge on any atom is -0.267 e. The van der Waals surface area contributed by atoms with Gasteiger partial charge in [-0.15, -0.1) is 11.3 Å². The van der Waals surface area contributed by atoms with Crippen LogP contribution >= 0.6 is 34.5 Å². The van der Waals surface area contributed by atoms with Crippen molar-refractivity contribution in [3.05, 3.63) is 45.8 Å². The number of rotatable bonds is 3. The number of halogens is 2. The molecule has 0 atom stereocenters. The van der Waals surface area contributed by atoms with Crippen LogP contribution in [0.1, 0.15) is 0 Å². The number of hydrogen-bond donors (Lipinski definition) is 0. The third-order valence-corrected chi connectivity index (χ3v) is 6.33. The Labute approximate surface area is 120 Å². The van der Waals surface area contributed by atoms with Crippen LogP contribution in [0, 0.1) is 0 Å². The lowest BCUT2D eigenvalue weighted by atomic mass is 10.3. The molecular weight excluding hydrogens is 313 g/mol. The summed E-state index contributed by atoms with van der Waals surface area (Å²) in [6.45, 7) is 0. The van der Waals surface area contributed by atoms with Crippen LogP contribution in [0.4, 0.5) is 5.69 Å². The van der Waals surface area contributed by atoms with Crippen LogP contribution in [0.2, 0.25) is 10.0 Å². The molecule has 0 aliphatic rings. The average molecular weight is 322 g/mol. The molecule has 0 N–H and O–H groups in total. The van der Waals surface area contributed by atoms with E-state index >= 15 is 0 Å². The third-order valence-electron chi connectivity index (χ3n) is 2.38. The van der Waals surface area contributed by atoms with E-state index in [1.807, 2.05) is 0 Å². The van der Waals surface area contributed by atoms with Gasteiger partial charge in [-0.3, -0.25) is 4.31 Å². The van der Waals surface area contributed by atoms with E-state index in [0.717, 1.165) is 15.6 Å². The normalized spacial score (nSPS) is 11.5. The maximum absolute atomic E-state index is 12.3. The number of nitrogens with zero attached hydrogens (tertiary/aromatic N) is 1. The zero-order valence-corrected chi connectivity index (χ0v) is 12.4. The van der Waals surface area contributed by atoms with Crippen LogP contribution in [-0.2, 0) is 10.0 Å². The second-order valence-electron chi connectivity index (χ2n) is 3.48. The number of sulfonamides is 1. The van der Waals surface area contributed by atoms with Crippen molar-refractivity contribution in [1.82, 2.24) is 0 Å². The lowest BCUT2D eigenvalue weighted by molar-refractivity contribution is 0.596. The molecule has 0 aliphatic carbocycles. The van der Waals surface area contributed by atoms with Crippen LogP contribution in [0.3, 0.4) is 0 Å². The first-order valence-electron chi connectivity index (χ1n) is 4.91. The fourth-order valence-corrected chi connectivity index (χ4v) is 4.25. The highest BCUT2D eigenvalue weighted by Gasteiger charge is 2.24. The molecule has 0 bridgehead atoms. The van der Waals surface area contributed by atoms with Gasteiger partial charge in [0.2, 0.25) is 0 Å². The van der Waals surface area contributed by atoms with Gasteiger partial charge < -0.3 is 0 Å².